The molecule has 1 aromatic heterocycles. The lowest BCUT2D eigenvalue weighted by atomic mass is 10.2. The summed E-state index contributed by atoms with van der Waals surface area (Å²) in [6.07, 6.45) is 4.61. The molecule has 1 N–H and O–H groups in total. The van der Waals surface area contributed by atoms with Crippen LogP contribution < -0.4 is 4.90 Å². The number of hydrogen-bond donors (Lipinski definition) is 1. The van der Waals surface area contributed by atoms with Crippen molar-refractivity contribution in [1.82, 2.24) is 4.98 Å². The first-order valence-corrected chi connectivity index (χ1v) is 5.57. The van der Waals surface area contributed by atoms with E-state index in [0.717, 1.165) is 37.5 Å². The molecule has 1 saturated heterocycles. The lowest BCUT2D eigenvalue weighted by Gasteiger charge is -2.18. The first-order valence-electron chi connectivity index (χ1n) is 4.69. The molecule has 2 heterocycles. The Balaban J connectivity index is 2.00. The van der Waals surface area contributed by atoms with Gasteiger partial charge in [-0.05, 0) is 19.3 Å². The van der Waals surface area contributed by atoms with E-state index in [1.165, 1.54) is 0 Å². The molecule has 0 saturated carbocycles. The van der Waals surface area contributed by atoms with Crippen molar-refractivity contribution in [2.75, 3.05) is 18.0 Å². The van der Waals surface area contributed by atoms with Crippen molar-refractivity contribution in [3.05, 3.63) is 11.6 Å². The predicted octanol–water partition coefficient (Wildman–Crippen LogP) is 1.49. The van der Waals surface area contributed by atoms with E-state index in [2.05, 4.69) is 9.88 Å². The summed E-state index contributed by atoms with van der Waals surface area (Å²) >= 11 is 1.67. The maximum absolute atomic E-state index is 9.46. The fourth-order valence-electron chi connectivity index (χ4n) is 1.64. The average molecular weight is 198 g/mol. The number of anilines is 1. The van der Waals surface area contributed by atoms with E-state index in [0.29, 0.717) is 0 Å². The lowest BCUT2D eigenvalue weighted by molar-refractivity contribution is 0.161. The minimum atomic E-state index is -0.107. The standard InChI is InChI=1S/C9H14N2OS/c12-8-2-1-5-11(6-3-8)9-10-4-7-13-9/h4,7-8,12H,1-3,5-6H2. The van der Waals surface area contributed by atoms with Crippen molar-refractivity contribution in [2.24, 2.45) is 0 Å². The largest absolute Gasteiger partial charge is 0.393 e. The summed E-state index contributed by atoms with van der Waals surface area (Å²) in [5.74, 6) is 0. The van der Waals surface area contributed by atoms with Crippen LogP contribution >= 0.6 is 11.3 Å². The molecule has 0 spiro atoms. The van der Waals surface area contributed by atoms with E-state index in [1.807, 2.05) is 11.6 Å². The van der Waals surface area contributed by atoms with Crippen molar-refractivity contribution >= 4 is 16.5 Å². The van der Waals surface area contributed by atoms with Gasteiger partial charge in [-0.1, -0.05) is 0 Å². The average Bonchev–Trinajstić information content (AvgIpc) is 2.56. The van der Waals surface area contributed by atoms with Gasteiger partial charge in [0, 0.05) is 24.7 Å². The highest BCUT2D eigenvalue weighted by Gasteiger charge is 2.16. The van der Waals surface area contributed by atoms with Crippen molar-refractivity contribution in [3.63, 3.8) is 0 Å². The first-order chi connectivity index (χ1) is 6.36. The normalized spacial score (nSPS) is 24.4. The molecule has 0 aliphatic carbocycles. The second kappa shape index (κ2) is 4.07. The smallest absolute Gasteiger partial charge is 0.185 e. The highest BCUT2D eigenvalue weighted by Crippen LogP contribution is 2.21. The molecule has 0 aromatic carbocycles. The third kappa shape index (κ3) is 2.19. The molecule has 1 unspecified atom stereocenters. The molecule has 2 rings (SSSR count). The second-order valence-corrected chi connectivity index (χ2v) is 4.26. The Labute approximate surface area is 82.0 Å². The molecule has 1 aliphatic rings. The minimum Gasteiger partial charge on any atom is -0.393 e. The summed E-state index contributed by atoms with van der Waals surface area (Å²) in [5.41, 5.74) is 0. The summed E-state index contributed by atoms with van der Waals surface area (Å²) < 4.78 is 0. The van der Waals surface area contributed by atoms with Crippen LogP contribution in [0.2, 0.25) is 0 Å². The minimum absolute atomic E-state index is 0.107. The van der Waals surface area contributed by atoms with Crippen LogP contribution in [0.4, 0.5) is 5.13 Å². The highest BCUT2D eigenvalue weighted by atomic mass is 32.1. The van der Waals surface area contributed by atoms with Gasteiger partial charge in [0.05, 0.1) is 6.10 Å². The van der Waals surface area contributed by atoms with E-state index in [1.54, 1.807) is 11.3 Å². The van der Waals surface area contributed by atoms with Gasteiger partial charge >= 0.3 is 0 Å². The monoisotopic (exact) mass is 198 g/mol. The number of rotatable bonds is 1. The van der Waals surface area contributed by atoms with Crippen LogP contribution in [0.15, 0.2) is 11.6 Å². The zero-order valence-electron chi connectivity index (χ0n) is 7.52. The van der Waals surface area contributed by atoms with E-state index < -0.39 is 0 Å². The van der Waals surface area contributed by atoms with E-state index >= 15 is 0 Å². The van der Waals surface area contributed by atoms with Gasteiger partial charge in [0.1, 0.15) is 0 Å². The molecular weight excluding hydrogens is 184 g/mol. The molecule has 1 atom stereocenters. The van der Waals surface area contributed by atoms with Crippen molar-refractivity contribution in [3.8, 4) is 0 Å². The number of nitrogens with zero attached hydrogens (tertiary/aromatic N) is 2. The summed E-state index contributed by atoms with van der Waals surface area (Å²) in [6.45, 7) is 1.97. The second-order valence-electron chi connectivity index (χ2n) is 3.39. The molecular formula is C9H14N2OS. The molecule has 1 fully saturated rings. The predicted molar refractivity (Wildman–Crippen MR) is 54.2 cm³/mol. The number of hydrogen-bond acceptors (Lipinski definition) is 4. The first kappa shape index (κ1) is 8.97. The lowest BCUT2D eigenvalue weighted by Crippen LogP contribution is -2.24. The SMILES string of the molecule is OC1CCCN(c2nccs2)CC1. The molecule has 4 heteroatoms. The Bertz CT molecular complexity index is 250. The topological polar surface area (TPSA) is 36.4 Å². The molecule has 3 nitrogen and oxygen atoms in total. The Morgan fingerprint density at radius 2 is 2.38 bits per heavy atom. The summed E-state index contributed by atoms with van der Waals surface area (Å²) in [5, 5.41) is 12.5. The van der Waals surface area contributed by atoms with E-state index in [4.69, 9.17) is 0 Å². The molecule has 13 heavy (non-hydrogen) atoms. The summed E-state index contributed by atoms with van der Waals surface area (Å²) in [7, 11) is 0. The van der Waals surface area contributed by atoms with Gasteiger partial charge < -0.3 is 10.0 Å². The van der Waals surface area contributed by atoms with Crippen LogP contribution in [0.5, 0.6) is 0 Å². The Kier molecular flexibility index (Phi) is 2.80. The van der Waals surface area contributed by atoms with Crippen LogP contribution in [0.3, 0.4) is 0 Å². The van der Waals surface area contributed by atoms with Gasteiger partial charge in [0.25, 0.3) is 0 Å². The zero-order valence-corrected chi connectivity index (χ0v) is 8.33. The zero-order chi connectivity index (χ0) is 9.10. The Morgan fingerprint density at radius 3 is 3.15 bits per heavy atom. The van der Waals surface area contributed by atoms with Gasteiger partial charge in [-0.2, -0.15) is 0 Å². The van der Waals surface area contributed by atoms with E-state index in [9.17, 15) is 5.11 Å². The number of aromatic nitrogens is 1. The van der Waals surface area contributed by atoms with Crippen molar-refractivity contribution in [1.29, 1.82) is 0 Å². The van der Waals surface area contributed by atoms with Gasteiger partial charge in [-0.15, -0.1) is 11.3 Å². The third-order valence-corrected chi connectivity index (χ3v) is 3.22. The van der Waals surface area contributed by atoms with Gasteiger partial charge in [-0.3, -0.25) is 0 Å². The Hall–Kier alpha value is -0.610. The van der Waals surface area contributed by atoms with Crippen molar-refractivity contribution in [2.45, 2.75) is 25.4 Å². The molecule has 1 aromatic rings. The van der Waals surface area contributed by atoms with Gasteiger partial charge in [0.15, 0.2) is 5.13 Å². The summed E-state index contributed by atoms with van der Waals surface area (Å²) in [4.78, 5) is 6.53. The Morgan fingerprint density at radius 1 is 1.46 bits per heavy atom. The number of thiazole rings is 1. The van der Waals surface area contributed by atoms with Crippen LogP contribution in [0.1, 0.15) is 19.3 Å². The maximum atomic E-state index is 9.46. The summed E-state index contributed by atoms with van der Waals surface area (Å²) in [6, 6.07) is 0. The molecule has 0 amide bonds. The van der Waals surface area contributed by atoms with Crippen LogP contribution in [-0.2, 0) is 0 Å². The van der Waals surface area contributed by atoms with Gasteiger partial charge in [-0.25, -0.2) is 4.98 Å². The number of aliphatic hydroxyl groups is 1. The molecule has 72 valence electrons. The fraction of sp³-hybridized carbons (Fsp3) is 0.667. The highest BCUT2D eigenvalue weighted by molar-refractivity contribution is 7.13. The number of aliphatic hydroxyl groups excluding tert-OH is 1. The van der Waals surface area contributed by atoms with Gasteiger partial charge in [0.2, 0.25) is 0 Å². The molecule has 0 radical (unpaired) electrons. The van der Waals surface area contributed by atoms with E-state index in [-0.39, 0.29) is 6.10 Å². The molecule has 1 aliphatic heterocycles. The maximum Gasteiger partial charge on any atom is 0.185 e. The van der Waals surface area contributed by atoms with Crippen LogP contribution in [-0.4, -0.2) is 29.3 Å². The molecule has 0 bridgehead atoms. The quantitative estimate of drug-likeness (QED) is 0.743. The van der Waals surface area contributed by atoms with Crippen LogP contribution in [0.25, 0.3) is 0 Å². The fourth-order valence-corrected chi connectivity index (χ4v) is 2.34. The third-order valence-electron chi connectivity index (χ3n) is 2.39. The van der Waals surface area contributed by atoms with Crippen LogP contribution in [0, 0.1) is 0 Å². The van der Waals surface area contributed by atoms with Crippen molar-refractivity contribution < 1.29 is 5.11 Å².